The van der Waals surface area contributed by atoms with Gasteiger partial charge in [-0.3, -0.25) is 9.78 Å². The Morgan fingerprint density at radius 3 is 2.89 bits per heavy atom. The van der Waals surface area contributed by atoms with Crippen molar-refractivity contribution in [1.82, 2.24) is 4.98 Å². The highest BCUT2D eigenvalue weighted by Gasteiger charge is 2.10. The molecule has 19 heavy (non-hydrogen) atoms. The summed E-state index contributed by atoms with van der Waals surface area (Å²) in [6.45, 7) is -0.203. The molecule has 1 aromatic heterocycles. The summed E-state index contributed by atoms with van der Waals surface area (Å²) in [5.41, 5.74) is 1.29. The highest BCUT2D eigenvalue weighted by molar-refractivity contribution is 9.10. The molecule has 0 radical (unpaired) electrons. The molecule has 0 bridgehead atoms. The van der Waals surface area contributed by atoms with Crippen LogP contribution in [0, 0.1) is 5.82 Å². The number of nitrogens with zero attached hydrogens (tertiary/aromatic N) is 1. The molecule has 4 nitrogen and oxygen atoms in total. The van der Waals surface area contributed by atoms with E-state index in [9.17, 15) is 9.18 Å². The molecule has 2 N–H and O–H groups in total. The second-order valence-electron chi connectivity index (χ2n) is 3.77. The van der Waals surface area contributed by atoms with Gasteiger partial charge in [0.1, 0.15) is 5.82 Å². The first-order valence-corrected chi connectivity index (χ1v) is 6.21. The van der Waals surface area contributed by atoms with Crippen LogP contribution < -0.4 is 5.32 Å². The number of nitrogens with one attached hydrogen (secondary N) is 1. The van der Waals surface area contributed by atoms with Crippen molar-refractivity contribution >= 4 is 27.5 Å². The molecule has 0 aliphatic heterocycles. The van der Waals surface area contributed by atoms with E-state index in [-0.39, 0.29) is 11.1 Å². The van der Waals surface area contributed by atoms with Crippen molar-refractivity contribution < 1.29 is 14.3 Å². The molecule has 0 saturated heterocycles. The number of benzene rings is 1. The Morgan fingerprint density at radius 2 is 2.21 bits per heavy atom. The largest absolute Gasteiger partial charge is 0.392 e. The van der Waals surface area contributed by atoms with Gasteiger partial charge in [-0.05, 0) is 40.2 Å². The van der Waals surface area contributed by atoms with Crippen LogP contribution >= 0.6 is 15.9 Å². The van der Waals surface area contributed by atoms with Crippen molar-refractivity contribution in [2.75, 3.05) is 5.32 Å². The number of aliphatic hydroxyl groups excluding tert-OH is 1. The molecular formula is C13H10BrFN2O2. The minimum atomic E-state index is -0.436. The summed E-state index contributed by atoms with van der Waals surface area (Å²) in [5.74, 6) is -0.836. The van der Waals surface area contributed by atoms with Crippen LogP contribution in [0.15, 0.2) is 41.1 Å². The maximum absolute atomic E-state index is 13.1. The molecule has 6 heteroatoms. The Kier molecular flexibility index (Phi) is 4.24. The summed E-state index contributed by atoms with van der Waals surface area (Å²) in [6.07, 6.45) is 2.97. The Morgan fingerprint density at radius 1 is 1.42 bits per heavy atom. The zero-order valence-electron chi connectivity index (χ0n) is 9.73. The van der Waals surface area contributed by atoms with E-state index >= 15 is 0 Å². The molecule has 98 valence electrons. The third kappa shape index (κ3) is 3.15. The lowest BCUT2D eigenvalue weighted by Crippen LogP contribution is -2.13. The molecule has 0 saturated carbocycles. The minimum Gasteiger partial charge on any atom is -0.392 e. The van der Waals surface area contributed by atoms with E-state index in [4.69, 9.17) is 5.11 Å². The number of rotatable bonds is 3. The fourth-order valence-electron chi connectivity index (χ4n) is 1.51. The second kappa shape index (κ2) is 5.90. The van der Waals surface area contributed by atoms with E-state index in [0.717, 1.165) is 0 Å². The zero-order chi connectivity index (χ0) is 13.8. The van der Waals surface area contributed by atoms with Crippen LogP contribution in [0.4, 0.5) is 10.1 Å². The number of carbonyl (C=O) groups excluding carboxylic acids is 1. The van der Waals surface area contributed by atoms with Gasteiger partial charge in [-0.25, -0.2) is 4.39 Å². The molecule has 0 unspecified atom stereocenters. The fraction of sp³-hybridized carbons (Fsp3) is 0.0769. The topological polar surface area (TPSA) is 62.2 Å². The lowest BCUT2D eigenvalue weighted by Gasteiger charge is -2.09. The van der Waals surface area contributed by atoms with Crippen molar-refractivity contribution in [1.29, 1.82) is 0 Å². The first-order chi connectivity index (χ1) is 9.11. The third-order valence-corrected chi connectivity index (χ3v) is 3.12. The number of aromatic nitrogens is 1. The number of carbonyl (C=O) groups is 1. The van der Waals surface area contributed by atoms with E-state index in [0.29, 0.717) is 16.8 Å². The third-order valence-electron chi connectivity index (χ3n) is 2.51. The molecule has 0 atom stereocenters. The maximum Gasteiger partial charge on any atom is 0.255 e. The molecule has 2 rings (SSSR count). The summed E-state index contributed by atoms with van der Waals surface area (Å²) in [6, 6.07) is 5.58. The van der Waals surface area contributed by atoms with Crippen LogP contribution in [0.5, 0.6) is 0 Å². The normalized spacial score (nSPS) is 10.3. The SMILES string of the molecule is O=C(Nc1cnccc1CO)c1ccc(F)c(Br)c1. The summed E-state index contributed by atoms with van der Waals surface area (Å²) in [7, 11) is 0. The Bertz CT molecular complexity index is 619. The van der Waals surface area contributed by atoms with Crippen LogP contribution in [0.25, 0.3) is 0 Å². The highest BCUT2D eigenvalue weighted by Crippen LogP contribution is 2.19. The lowest BCUT2D eigenvalue weighted by atomic mass is 10.2. The summed E-state index contributed by atoms with van der Waals surface area (Å²) in [5, 5.41) is 11.8. The monoisotopic (exact) mass is 324 g/mol. The smallest absolute Gasteiger partial charge is 0.255 e. The maximum atomic E-state index is 13.1. The molecule has 1 amide bonds. The standard InChI is InChI=1S/C13H10BrFN2O2/c14-10-5-8(1-2-11(10)15)13(19)17-12-6-16-4-3-9(12)7-18/h1-6,18H,7H2,(H,17,19). The summed E-state index contributed by atoms with van der Waals surface area (Å²) >= 11 is 3.02. The number of hydrogen-bond acceptors (Lipinski definition) is 3. The van der Waals surface area contributed by atoms with Crippen LogP contribution in [0.2, 0.25) is 0 Å². The van der Waals surface area contributed by atoms with E-state index < -0.39 is 11.7 Å². The number of amides is 1. The Hall–Kier alpha value is -1.79. The summed E-state index contributed by atoms with van der Waals surface area (Å²) < 4.78 is 13.3. The first kappa shape index (κ1) is 13.6. The summed E-state index contributed by atoms with van der Waals surface area (Å²) in [4.78, 5) is 15.9. The lowest BCUT2D eigenvalue weighted by molar-refractivity contribution is 0.102. The average Bonchev–Trinajstić information content (AvgIpc) is 2.42. The van der Waals surface area contributed by atoms with Crippen LogP contribution in [0.1, 0.15) is 15.9 Å². The molecule has 0 aliphatic carbocycles. The van der Waals surface area contributed by atoms with Crippen molar-refractivity contribution in [2.45, 2.75) is 6.61 Å². The van der Waals surface area contributed by atoms with Gasteiger partial charge in [0.25, 0.3) is 5.91 Å². The number of halogens is 2. The van der Waals surface area contributed by atoms with Gasteiger partial charge < -0.3 is 10.4 Å². The van der Waals surface area contributed by atoms with Crippen molar-refractivity contribution in [3.8, 4) is 0 Å². The predicted molar refractivity (Wildman–Crippen MR) is 72.2 cm³/mol. The van der Waals surface area contributed by atoms with E-state index in [2.05, 4.69) is 26.2 Å². The van der Waals surface area contributed by atoms with E-state index in [1.807, 2.05) is 0 Å². The highest BCUT2D eigenvalue weighted by atomic mass is 79.9. The van der Waals surface area contributed by atoms with Gasteiger partial charge in [0.05, 0.1) is 23.0 Å². The molecule has 2 aromatic rings. The van der Waals surface area contributed by atoms with Crippen molar-refractivity contribution in [3.05, 3.63) is 58.1 Å². The van der Waals surface area contributed by atoms with Gasteiger partial charge in [0, 0.05) is 17.3 Å². The Labute approximate surface area is 117 Å². The van der Waals surface area contributed by atoms with E-state index in [1.54, 1.807) is 6.07 Å². The van der Waals surface area contributed by atoms with Gasteiger partial charge in [-0.15, -0.1) is 0 Å². The van der Waals surface area contributed by atoms with Gasteiger partial charge in [-0.2, -0.15) is 0 Å². The molecule has 0 fully saturated rings. The number of hydrogen-bond donors (Lipinski definition) is 2. The number of pyridine rings is 1. The van der Waals surface area contributed by atoms with Crippen LogP contribution in [-0.2, 0) is 6.61 Å². The van der Waals surface area contributed by atoms with Crippen molar-refractivity contribution in [2.24, 2.45) is 0 Å². The van der Waals surface area contributed by atoms with Crippen molar-refractivity contribution in [3.63, 3.8) is 0 Å². The van der Waals surface area contributed by atoms with Gasteiger partial charge in [-0.1, -0.05) is 0 Å². The molecule has 1 aromatic carbocycles. The van der Waals surface area contributed by atoms with Crippen LogP contribution in [0.3, 0.4) is 0 Å². The van der Waals surface area contributed by atoms with E-state index in [1.165, 1.54) is 30.6 Å². The van der Waals surface area contributed by atoms with Gasteiger partial charge in [0.15, 0.2) is 0 Å². The molecule has 0 aliphatic rings. The molecule has 0 spiro atoms. The van der Waals surface area contributed by atoms with Crippen LogP contribution in [-0.4, -0.2) is 16.0 Å². The van der Waals surface area contributed by atoms with Gasteiger partial charge >= 0.3 is 0 Å². The number of anilines is 1. The van der Waals surface area contributed by atoms with Gasteiger partial charge in [0.2, 0.25) is 0 Å². The fourth-order valence-corrected chi connectivity index (χ4v) is 1.88. The average molecular weight is 325 g/mol. The second-order valence-corrected chi connectivity index (χ2v) is 4.63. The minimum absolute atomic E-state index is 0.203. The quantitative estimate of drug-likeness (QED) is 0.912. The molecular weight excluding hydrogens is 315 g/mol. The first-order valence-electron chi connectivity index (χ1n) is 5.42. The number of aliphatic hydroxyl groups is 1. The Balaban J connectivity index is 2.23. The molecule has 1 heterocycles. The zero-order valence-corrected chi connectivity index (χ0v) is 11.3. The predicted octanol–water partition coefficient (Wildman–Crippen LogP) is 2.73.